The molecule has 0 fully saturated rings. The predicted octanol–water partition coefficient (Wildman–Crippen LogP) is 3.84. The van der Waals surface area contributed by atoms with Crippen LogP contribution in [0.1, 0.15) is 36.5 Å². The molecule has 0 unspecified atom stereocenters. The van der Waals surface area contributed by atoms with Crippen LogP contribution in [0.4, 0.5) is 13.2 Å². The van der Waals surface area contributed by atoms with Crippen LogP contribution < -0.4 is 0 Å². The highest BCUT2D eigenvalue weighted by Gasteiger charge is 2.34. The third-order valence-electron chi connectivity index (χ3n) is 2.30. The molecule has 84 valence electrons. The van der Waals surface area contributed by atoms with Gasteiger partial charge < -0.3 is 5.11 Å². The second kappa shape index (κ2) is 3.76. The van der Waals surface area contributed by atoms with Gasteiger partial charge in [-0.1, -0.05) is 13.8 Å². The van der Waals surface area contributed by atoms with Gasteiger partial charge in [0, 0.05) is 0 Å². The normalized spacial score (nSPS) is 12.2. The maximum absolute atomic E-state index is 12.6. The minimum atomic E-state index is -4.36. The van der Waals surface area contributed by atoms with Gasteiger partial charge in [0.1, 0.15) is 5.75 Å². The molecule has 4 heteroatoms. The lowest BCUT2D eigenvalue weighted by atomic mass is 9.94. The monoisotopic (exact) mass is 218 g/mol. The van der Waals surface area contributed by atoms with E-state index >= 15 is 0 Å². The number of aromatic hydroxyl groups is 1. The summed E-state index contributed by atoms with van der Waals surface area (Å²) >= 11 is 0. The molecular weight excluding hydrogens is 205 g/mol. The van der Waals surface area contributed by atoms with Gasteiger partial charge in [-0.05, 0) is 36.1 Å². The Hall–Kier alpha value is -1.19. The van der Waals surface area contributed by atoms with E-state index in [9.17, 15) is 18.3 Å². The number of phenols is 1. The Morgan fingerprint density at radius 3 is 2.13 bits per heavy atom. The minimum Gasteiger partial charge on any atom is -0.508 e. The zero-order chi connectivity index (χ0) is 11.8. The van der Waals surface area contributed by atoms with Gasteiger partial charge in [-0.15, -0.1) is 0 Å². The first-order chi connectivity index (χ1) is 6.73. The molecule has 0 amide bonds. The molecular formula is C11H13F3O. The van der Waals surface area contributed by atoms with E-state index in [1.54, 1.807) is 13.8 Å². The van der Waals surface area contributed by atoms with Crippen LogP contribution in [-0.4, -0.2) is 5.11 Å². The SMILES string of the molecule is Cc1cc(C(F)(F)F)c(C(C)C)cc1O. The first-order valence-electron chi connectivity index (χ1n) is 4.64. The summed E-state index contributed by atoms with van der Waals surface area (Å²) in [6.45, 7) is 4.79. The smallest absolute Gasteiger partial charge is 0.416 e. The number of halogens is 3. The van der Waals surface area contributed by atoms with Gasteiger partial charge in [0.2, 0.25) is 0 Å². The van der Waals surface area contributed by atoms with Crippen molar-refractivity contribution in [2.75, 3.05) is 0 Å². The van der Waals surface area contributed by atoms with Gasteiger partial charge in [-0.25, -0.2) is 0 Å². The van der Waals surface area contributed by atoms with Crippen molar-refractivity contribution in [3.05, 3.63) is 28.8 Å². The third kappa shape index (κ3) is 2.43. The molecule has 0 atom stereocenters. The molecule has 15 heavy (non-hydrogen) atoms. The van der Waals surface area contributed by atoms with Crippen molar-refractivity contribution in [3.63, 3.8) is 0 Å². The summed E-state index contributed by atoms with van der Waals surface area (Å²) in [5.41, 5.74) is -0.287. The number of alkyl halides is 3. The van der Waals surface area contributed by atoms with E-state index in [0.717, 1.165) is 6.07 Å². The Kier molecular flexibility index (Phi) is 2.98. The second-order valence-electron chi connectivity index (χ2n) is 3.88. The van der Waals surface area contributed by atoms with E-state index in [0.29, 0.717) is 0 Å². The molecule has 1 nitrogen and oxygen atoms in total. The quantitative estimate of drug-likeness (QED) is 0.759. The highest BCUT2D eigenvalue weighted by Crippen LogP contribution is 2.38. The van der Waals surface area contributed by atoms with Crippen LogP contribution in [-0.2, 0) is 6.18 Å². The topological polar surface area (TPSA) is 20.2 Å². The molecule has 1 aromatic carbocycles. The summed E-state index contributed by atoms with van der Waals surface area (Å²) < 4.78 is 37.9. The molecule has 1 aromatic rings. The lowest BCUT2D eigenvalue weighted by Crippen LogP contribution is -2.10. The number of hydrogen-bond acceptors (Lipinski definition) is 1. The van der Waals surface area contributed by atoms with E-state index in [1.165, 1.54) is 13.0 Å². The molecule has 0 bridgehead atoms. The van der Waals surface area contributed by atoms with Crippen LogP contribution >= 0.6 is 0 Å². The fourth-order valence-corrected chi connectivity index (χ4v) is 1.44. The number of phenolic OH excluding ortho intramolecular Hbond substituents is 1. The summed E-state index contributed by atoms with van der Waals surface area (Å²) in [6.07, 6.45) is -4.36. The third-order valence-corrected chi connectivity index (χ3v) is 2.30. The molecule has 0 spiro atoms. The summed E-state index contributed by atoms with van der Waals surface area (Å²) in [4.78, 5) is 0. The van der Waals surface area contributed by atoms with Gasteiger partial charge >= 0.3 is 6.18 Å². The van der Waals surface area contributed by atoms with Gasteiger partial charge in [-0.3, -0.25) is 0 Å². The van der Waals surface area contributed by atoms with Crippen molar-refractivity contribution >= 4 is 0 Å². The fraction of sp³-hybridized carbons (Fsp3) is 0.455. The summed E-state index contributed by atoms with van der Waals surface area (Å²) in [7, 11) is 0. The van der Waals surface area contributed by atoms with E-state index in [4.69, 9.17) is 0 Å². The van der Waals surface area contributed by atoms with Crippen molar-refractivity contribution in [2.24, 2.45) is 0 Å². The highest BCUT2D eigenvalue weighted by molar-refractivity contribution is 5.43. The average molecular weight is 218 g/mol. The molecule has 0 aliphatic heterocycles. The first kappa shape index (κ1) is 11.9. The number of hydrogen-bond donors (Lipinski definition) is 1. The van der Waals surface area contributed by atoms with Crippen LogP contribution in [0.25, 0.3) is 0 Å². The van der Waals surface area contributed by atoms with Gasteiger partial charge in [-0.2, -0.15) is 13.2 Å². The fourth-order valence-electron chi connectivity index (χ4n) is 1.44. The minimum absolute atomic E-state index is 0.0910. The van der Waals surface area contributed by atoms with Crippen molar-refractivity contribution in [2.45, 2.75) is 32.9 Å². The van der Waals surface area contributed by atoms with Crippen LogP contribution in [0.15, 0.2) is 12.1 Å². The molecule has 0 heterocycles. The van der Waals surface area contributed by atoms with E-state index in [-0.39, 0.29) is 22.8 Å². The molecule has 0 aromatic heterocycles. The van der Waals surface area contributed by atoms with Crippen LogP contribution in [0.3, 0.4) is 0 Å². The highest BCUT2D eigenvalue weighted by atomic mass is 19.4. The summed E-state index contributed by atoms with van der Waals surface area (Å²) in [6, 6.07) is 2.19. The van der Waals surface area contributed by atoms with E-state index in [1.807, 2.05) is 0 Å². The molecule has 1 rings (SSSR count). The van der Waals surface area contributed by atoms with Gasteiger partial charge in [0.05, 0.1) is 5.56 Å². The van der Waals surface area contributed by atoms with Crippen molar-refractivity contribution in [1.82, 2.24) is 0 Å². The van der Waals surface area contributed by atoms with Gasteiger partial charge in [0.15, 0.2) is 0 Å². The van der Waals surface area contributed by atoms with Crippen LogP contribution in [0.5, 0.6) is 5.75 Å². The van der Waals surface area contributed by atoms with E-state index in [2.05, 4.69) is 0 Å². The first-order valence-corrected chi connectivity index (χ1v) is 4.64. The molecule has 1 N–H and O–H groups in total. The zero-order valence-corrected chi connectivity index (χ0v) is 8.81. The second-order valence-corrected chi connectivity index (χ2v) is 3.88. The Bertz CT molecular complexity index is 367. The largest absolute Gasteiger partial charge is 0.508 e. The number of benzene rings is 1. The lowest BCUT2D eigenvalue weighted by Gasteiger charge is -2.17. The maximum Gasteiger partial charge on any atom is 0.416 e. The molecule has 0 aliphatic rings. The molecule has 0 saturated carbocycles. The van der Waals surface area contributed by atoms with Crippen LogP contribution in [0.2, 0.25) is 0 Å². The van der Waals surface area contributed by atoms with E-state index < -0.39 is 11.7 Å². The molecule has 0 radical (unpaired) electrons. The average Bonchev–Trinajstić information content (AvgIpc) is 2.06. The van der Waals surface area contributed by atoms with Crippen LogP contribution in [0, 0.1) is 6.92 Å². The van der Waals surface area contributed by atoms with Crippen molar-refractivity contribution < 1.29 is 18.3 Å². The summed E-state index contributed by atoms with van der Waals surface area (Å²) in [5.74, 6) is -0.361. The number of rotatable bonds is 1. The van der Waals surface area contributed by atoms with Crippen molar-refractivity contribution in [1.29, 1.82) is 0 Å². The van der Waals surface area contributed by atoms with Crippen molar-refractivity contribution in [3.8, 4) is 5.75 Å². The lowest BCUT2D eigenvalue weighted by molar-refractivity contribution is -0.138. The Balaban J connectivity index is 3.42. The zero-order valence-electron chi connectivity index (χ0n) is 8.81. The standard InChI is InChI=1S/C11H13F3O/c1-6(2)8-5-10(15)7(3)4-9(8)11(12,13)14/h4-6,15H,1-3H3. The van der Waals surface area contributed by atoms with Gasteiger partial charge in [0.25, 0.3) is 0 Å². The number of aryl methyl sites for hydroxylation is 1. The Labute approximate surface area is 86.5 Å². The Morgan fingerprint density at radius 1 is 1.20 bits per heavy atom. The maximum atomic E-state index is 12.6. The molecule has 0 aliphatic carbocycles. The Morgan fingerprint density at radius 2 is 1.73 bits per heavy atom. The summed E-state index contributed by atoms with van der Waals surface area (Å²) in [5, 5.41) is 9.37. The molecule has 0 saturated heterocycles. The predicted molar refractivity (Wildman–Crippen MR) is 51.9 cm³/mol.